The van der Waals surface area contributed by atoms with E-state index in [4.69, 9.17) is 19.9 Å². The molecule has 2 N–H and O–H groups in total. The van der Waals surface area contributed by atoms with Crippen molar-refractivity contribution in [1.29, 1.82) is 0 Å². The van der Waals surface area contributed by atoms with Crippen molar-refractivity contribution in [2.75, 3.05) is 20.8 Å². The van der Waals surface area contributed by atoms with Gasteiger partial charge in [-0.2, -0.15) is 0 Å². The highest BCUT2D eigenvalue weighted by Gasteiger charge is 2.27. The van der Waals surface area contributed by atoms with Crippen LogP contribution < -0.4 is 19.9 Å². The summed E-state index contributed by atoms with van der Waals surface area (Å²) in [4.78, 5) is 26.5. The van der Waals surface area contributed by atoms with Gasteiger partial charge in [-0.3, -0.25) is 9.59 Å². The van der Waals surface area contributed by atoms with Gasteiger partial charge in [0, 0.05) is 18.2 Å². The number of hydrogen-bond donors (Lipinski definition) is 1. The number of nitrogens with zero attached hydrogens (tertiary/aromatic N) is 1. The molecule has 0 heterocycles. The molecule has 1 aliphatic rings. The molecule has 172 valence electrons. The third-order valence-electron chi connectivity index (χ3n) is 5.63. The van der Waals surface area contributed by atoms with Crippen LogP contribution in [-0.2, 0) is 11.3 Å². The van der Waals surface area contributed by atoms with Crippen LogP contribution in [-0.4, -0.2) is 43.6 Å². The number of amides is 2. The lowest BCUT2D eigenvalue weighted by atomic mass is 9.93. The van der Waals surface area contributed by atoms with Gasteiger partial charge in [-0.15, -0.1) is 0 Å². The van der Waals surface area contributed by atoms with E-state index < -0.39 is 5.91 Å². The second kappa shape index (κ2) is 11.2. The lowest BCUT2D eigenvalue weighted by Crippen LogP contribution is -2.41. The maximum Gasteiger partial charge on any atom is 0.255 e. The van der Waals surface area contributed by atoms with Gasteiger partial charge in [-0.25, -0.2) is 0 Å². The van der Waals surface area contributed by atoms with E-state index in [2.05, 4.69) is 15.9 Å². The first-order chi connectivity index (χ1) is 15.4. The average Bonchev–Trinajstić information content (AvgIpc) is 2.81. The number of rotatable bonds is 9. The number of carbonyl (C=O) groups excluding carboxylic acids is 2. The molecule has 2 amide bonds. The highest BCUT2D eigenvalue weighted by molar-refractivity contribution is 9.10. The smallest absolute Gasteiger partial charge is 0.255 e. The van der Waals surface area contributed by atoms with E-state index in [1.54, 1.807) is 31.4 Å². The lowest BCUT2D eigenvalue weighted by molar-refractivity contribution is -0.119. The van der Waals surface area contributed by atoms with Gasteiger partial charge in [0.25, 0.3) is 11.8 Å². The number of benzene rings is 2. The van der Waals surface area contributed by atoms with E-state index in [0.29, 0.717) is 29.4 Å². The predicted octanol–water partition coefficient (Wildman–Crippen LogP) is 4.31. The molecule has 0 unspecified atom stereocenters. The van der Waals surface area contributed by atoms with Crippen molar-refractivity contribution in [2.45, 2.75) is 44.7 Å². The summed E-state index contributed by atoms with van der Waals surface area (Å²) in [5, 5.41) is 0. The van der Waals surface area contributed by atoms with Crippen molar-refractivity contribution in [3.8, 4) is 17.2 Å². The molecule has 8 heteroatoms. The minimum absolute atomic E-state index is 0.0201. The molecule has 0 aliphatic heterocycles. The summed E-state index contributed by atoms with van der Waals surface area (Å²) < 4.78 is 16.9. The lowest BCUT2D eigenvalue weighted by Gasteiger charge is -2.35. The van der Waals surface area contributed by atoms with Crippen molar-refractivity contribution in [1.82, 2.24) is 4.90 Å². The molecule has 32 heavy (non-hydrogen) atoms. The number of primary amides is 1. The molecule has 1 aliphatic carbocycles. The Balaban J connectivity index is 1.87. The number of ether oxygens (including phenoxy) is 3. The van der Waals surface area contributed by atoms with Gasteiger partial charge in [0.05, 0.1) is 18.7 Å². The Hall–Kier alpha value is -2.74. The van der Waals surface area contributed by atoms with Crippen LogP contribution in [0.25, 0.3) is 0 Å². The molecule has 1 saturated carbocycles. The summed E-state index contributed by atoms with van der Waals surface area (Å²) >= 11 is 3.48. The fourth-order valence-electron chi connectivity index (χ4n) is 4.00. The van der Waals surface area contributed by atoms with E-state index in [0.717, 1.165) is 35.7 Å². The highest BCUT2D eigenvalue weighted by atomic mass is 79.9. The summed E-state index contributed by atoms with van der Waals surface area (Å²) in [5.41, 5.74) is 6.69. The summed E-state index contributed by atoms with van der Waals surface area (Å²) in [6, 6.07) is 11.0. The first-order valence-electron chi connectivity index (χ1n) is 10.7. The van der Waals surface area contributed by atoms with Crippen LogP contribution in [0.15, 0.2) is 40.9 Å². The molecule has 7 nitrogen and oxygen atoms in total. The molecule has 3 rings (SSSR count). The number of halogens is 1. The largest absolute Gasteiger partial charge is 0.496 e. The molecular formula is C24H29BrN2O5. The number of hydrogen-bond acceptors (Lipinski definition) is 5. The Morgan fingerprint density at radius 3 is 2.31 bits per heavy atom. The topological polar surface area (TPSA) is 91.1 Å². The van der Waals surface area contributed by atoms with E-state index in [1.807, 2.05) is 17.0 Å². The second-order valence-corrected chi connectivity index (χ2v) is 8.67. The molecule has 0 spiro atoms. The van der Waals surface area contributed by atoms with Crippen LogP contribution >= 0.6 is 15.9 Å². The zero-order chi connectivity index (χ0) is 23.1. The zero-order valence-corrected chi connectivity index (χ0v) is 20.0. The predicted molar refractivity (Wildman–Crippen MR) is 125 cm³/mol. The van der Waals surface area contributed by atoms with Crippen molar-refractivity contribution in [3.05, 3.63) is 52.0 Å². The fourth-order valence-corrected chi connectivity index (χ4v) is 4.54. The second-order valence-electron chi connectivity index (χ2n) is 7.81. The van der Waals surface area contributed by atoms with E-state index in [9.17, 15) is 9.59 Å². The fraction of sp³-hybridized carbons (Fsp3) is 0.417. The summed E-state index contributed by atoms with van der Waals surface area (Å²) in [6.07, 6.45) is 5.40. The van der Waals surface area contributed by atoms with Gasteiger partial charge in [-0.05, 0) is 64.7 Å². The van der Waals surface area contributed by atoms with Crippen LogP contribution in [0, 0.1) is 0 Å². The Morgan fingerprint density at radius 2 is 1.69 bits per heavy atom. The van der Waals surface area contributed by atoms with Crippen molar-refractivity contribution in [2.24, 2.45) is 5.73 Å². The van der Waals surface area contributed by atoms with Gasteiger partial charge < -0.3 is 24.8 Å². The Labute approximate surface area is 196 Å². The molecule has 0 aromatic heterocycles. The minimum Gasteiger partial charge on any atom is -0.496 e. The first kappa shape index (κ1) is 23.9. The SMILES string of the molecule is COc1ccc(C(=O)N(Cc2ccc(OCC(N)=O)c(OC)c2)C2CCCCC2)cc1Br. The molecular weight excluding hydrogens is 476 g/mol. The maximum absolute atomic E-state index is 13.6. The number of methoxy groups -OCH3 is 2. The molecule has 0 radical (unpaired) electrons. The monoisotopic (exact) mass is 504 g/mol. The normalized spacial score (nSPS) is 14.0. The molecule has 1 fully saturated rings. The van der Waals surface area contributed by atoms with Gasteiger partial charge in [0.15, 0.2) is 18.1 Å². The van der Waals surface area contributed by atoms with Crippen LogP contribution in [0.2, 0.25) is 0 Å². The van der Waals surface area contributed by atoms with Crippen LogP contribution in [0.1, 0.15) is 48.0 Å². The van der Waals surface area contributed by atoms with E-state index in [-0.39, 0.29) is 18.6 Å². The summed E-state index contributed by atoms with van der Waals surface area (Å²) in [6.45, 7) is 0.217. The third kappa shape index (κ3) is 5.94. The highest BCUT2D eigenvalue weighted by Crippen LogP contribution is 2.32. The van der Waals surface area contributed by atoms with E-state index in [1.165, 1.54) is 13.5 Å². The standard InChI is InChI=1S/C24H29BrN2O5/c1-30-20-11-9-17(13-19(20)25)24(29)27(18-6-4-3-5-7-18)14-16-8-10-21(22(12-16)31-2)32-15-23(26)28/h8-13,18H,3-7,14-15H2,1-2H3,(H2,26,28). The first-order valence-corrected chi connectivity index (χ1v) is 11.4. The number of nitrogens with two attached hydrogens (primary N) is 1. The molecule has 0 saturated heterocycles. The van der Waals surface area contributed by atoms with Gasteiger partial charge in [-0.1, -0.05) is 25.3 Å². The molecule has 2 aromatic rings. The van der Waals surface area contributed by atoms with Crippen LogP contribution in [0.4, 0.5) is 0 Å². The van der Waals surface area contributed by atoms with Gasteiger partial charge >= 0.3 is 0 Å². The van der Waals surface area contributed by atoms with Gasteiger partial charge in [0.1, 0.15) is 5.75 Å². The van der Waals surface area contributed by atoms with Crippen LogP contribution in [0.5, 0.6) is 17.2 Å². The van der Waals surface area contributed by atoms with E-state index >= 15 is 0 Å². The quantitative estimate of drug-likeness (QED) is 0.549. The van der Waals surface area contributed by atoms with Crippen molar-refractivity contribution in [3.63, 3.8) is 0 Å². The molecule has 2 aromatic carbocycles. The Bertz CT molecular complexity index is 959. The Kier molecular flexibility index (Phi) is 8.39. The summed E-state index contributed by atoms with van der Waals surface area (Å²) in [5.74, 6) is 1.03. The summed E-state index contributed by atoms with van der Waals surface area (Å²) in [7, 11) is 3.13. The third-order valence-corrected chi connectivity index (χ3v) is 6.25. The average molecular weight is 505 g/mol. The molecule has 0 atom stereocenters. The van der Waals surface area contributed by atoms with Crippen molar-refractivity contribution < 1.29 is 23.8 Å². The Morgan fingerprint density at radius 1 is 1.00 bits per heavy atom. The van der Waals surface area contributed by atoms with Crippen LogP contribution in [0.3, 0.4) is 0 Å². The number of carbonyl (C=O) groups is 2. The minimum atomic E-state index is -0.559. The maximum atomic E-state index is 13.6. The van der Waals surface area contributed by atoms with Crippen molar-refractivity contribution >= 4 is 27.7 Å². The molecule has 0 bridgehead atoms. The van der Waals surface area contributed by atoms with Gasteiger partial charge in [0.2, 0.25) is 0 Å². The zero-order valence-electron chi connectivity index (χ0n) is 18.4.